The van der Waals surface area contributed by atoms with Crippen molar-refractivity contribution in [3.05, 3.63) is 36.8 Å². The maximum atomic E-state index is 5.82. The molecule has 0 aromatic carbocycles. The predicted octanol–water partition coefficient (Wildman–Crippen LogP) is 1.48. The van der Waals surface area contributed by atoms with Crippen molar-refractivity contribution in [3.8, 4) is 11.3 Å². The first-order chi connectivity index (χ1) is 16.2. The van der Waals surface area contributed by atoms with Crippen molar-refractivity contribution in [2.24, 2.45) is 11.8 Å². The van der Waals surface area contributed by atoms with Crippen LogP contribution in [0.4, 0.5) is 11.6 Å². The van der Waals surface area contributed by atoms with Crippen LogP contribution >= 0.6 is 0 Å². The van der Waals surface area contributed by atoms with E-state index < -0.39 is 0 Å². The number of ether oxygens (including phenoxy) is 1. The van der Waals surface area contributed by atoms with Crippen molar-refractivity contribution >= 4 is 22.7 Å². The molecule has 3 aromatic rings. The van der Waals surface area contributed by atoms with Crippen molar-refractivity contribution in [2.45, 2.75) is 6.10 Å². The lowest BCUT2D eigenvalue weighted by Crippen LogP contribution is -2.42. The Bertz CT molecular complexity index is 1100. The number of hydrogen-bond donors (Lipinski definition) is 2. The molecule has 3 saturated heterocycles. The summed E-state index contributed by atoms with van der Waals surface area (Å²) in [6.45, 7) is 7.70. The average Bonchev–Trinajstić information content (AvgIpc) is 3.41. The predicted molar refractivity (Wildman–Crippen MR) is 128 cm³/mol. The van der Waals surface area contributed by atoms with Crippen LogP contribution in [0.5, 0.6) is 0 Å². The van der Waals surface area contributed by atoms with Crippen LogP contribution in [0.2, 0.25) is 0 Å². The highest BCUT2D eigenvalue weighted by molar-refractivity contribution is 5.88. The molecule has 3 atom stereocenters. The summed E-state index contributed by atoms with van der Waals surface area (Å²) in [5, 5.41) is 6.80. The second kappa shape index (κ2) is 8.81. The highest BCUT2D eigenvalue weighted by Gasteiger charge is 2.39. The van der Waals surface area contributed by atoms with Gasteiger partial charge >= 0.3 is 0 Å². The van der Waals surface area contributed by atoms with Crippen LogP contribution in [-0.4, -0.2) is 90.4 Å². The first-order valence-electron chi connectivity index (χ1n) is 11.8. The van der Waals surface area contributed by atoms with E-state index in [9.17, 15) is 0 Å². The van der Waals surface area contributed by atoms with Crippen LogP contribution in [0.15, 0.2) is 36.8 Å². The van der Waals surface area contributed by atoms with Gasteiger partial charge in [0.05, 0.1) is 23.9 Å². The number of rotatable bonds is 5. The lowest BCUT2D eigenvalue weighted by Gasteiger charge is -2.24. The van der Waals surface area contributed by atoms with Crippen molar-refractivity contribution in [1.29, 1.82) is 0 Å². The number of aromatic nitrogens is 4. The second-order valence-electron chi connectivity index (χ2n) is 9.41. The molecule has 9 heteroatoms. The van der Waals surface area contributed by atoms with E-state index in [0.717, 1.165) is 78.5 Å². The summed E-state index contributed by atoms with van der Waals surface area (Å²) in [6, 6.07) is 6.22. The van der Waals surface area contributed by atoms with Crippen molar-refractivity contribution in [2.75, 3.05) is 69.7 Å². The zero-order valence-electron chi connectivity index (χ0n) is 18.9. The summed E-state index contributed by atoms with van der Waals surface area (Å²) in [7, 11) is 2.22. The van der Waals surface area contributed by atoms with Crippen LogP contribution in [0.25, 0.3) is 22.3 Å². The molecule has 0 amide bonds. The van der Waals surface area contributed by atoms with Gasteiger partial charge < -0.3 is 25.2 Å². The van der Waals surface area contributed by atoms with E-state index in [2.05, 4.69) is 49.6 Å². The summed E-state index contributed by atoms with van der Waals surface area (Å²) >= 11 is 0. The van der Waals surface area contributed by atoms with E-state index in [4.69, 9.17) is 14.7 Å². The molecule has 2 unspecified atom stereocenters. The third kappa shape index (κ3) is 4.23. The monoisotopic (exact) mass is 446 g/mol. The second-order valence-corrected chi connectivity index (χ2v) is 9.41. The molecule has 0 bridgehead atoms. The Kier molecular flexibility index (Phi) is 5.53. The Balaban J connectivity index is 1.23. The smallest absolute Gasteiger partial charge is 0.154 e. The molecule has 33 heavy (non-hydrogen) atoms. The van der Waals surface area contributed by atoms with Gasteiger partial charge in [0.15, 0.2) is 5.82 Å². The van der Waals surface area contributed by atoms with E-state index in [1.807, 2.05) is 12.3 Å². The molecule has 0 spiro atoms. The summed E-state index contributed by atoms with van der Waals surface area (Å²) in [4.78, 5) is 23.6. The first-order valence-corrected chi connectivity index (χ1v) is 11.8. The maximum absolute atomic E-state index is 5.82. The van der Waals surface area contributed by atoms with Crippen LogP contribution in [-0.2, 0) is 4.74 Å². The molecular weight excluding hydrogens is 416 g/mol. The van der Waals surface area contributed by atoms with Gasteiger partial charge in [-0.3, -0.25) is 4.98 Å². The molecule has 172 valence electrons. The zero-order valence-corrected chi connectivity index (χ0v) is 18.9. The molecule has 0 radical (unpaired) electrons. The summed E-state index contributed by atoms with van der Waals surface area (Å²) in [6.07, 6.45) is 5.45. The largest absolute Gasteiger partial charge is 0.374 e. The number of pyridine rings is 2. The fraction of sp³-hybridized carbons (Fsp3) is 0.500. The van der Waals surface area contributed by atoms with Crippen molar-refractivity contribution < 1.29 is 4.74 Å². The fourth-order valence-corrected chi connectivity index (χ4v) is 5.34. The molecule has 9 nitrogen and oxygen atoms in total. The number of likely N-dealkylation sites (tertiary alicyclic amines) is 1. The van der Waals surface area contributed by atoms with Gasteiger partial charge in [-0.1, -0.05) is 0 Å². The Morgan fingerprint density at radius 3 is 2.70 bits per heavy atom. The van der Waals surface area contributed by atoms with Crippen LogP contribution in [0, 0.1) is 11.8 Å². The third-order valence-corrected chi connectivity index (χ3v) is 6.99. The number of nitrogens with zero attached hydrogens (tertiary/aromatic N) is 6. The molecule has 6 rings (SSSR count). The number of hydrogen-bond acceptors (Lipinski definition) is 9. The summed E-state index contributed by atoms with van der Waals surface area (Å²) < 4.78 is 5.82. The Morgan fingerprint density at radius 2 is 1.94 bits per heavy atom. The fourth-order valence-electron chi connectivity index (χ4n) is 5.34. The highest BCUT2D eigenvalue weighted by atomic mass is 16.5. The number of nitrogens with one attached hydrogen (secondary N) is 2. The quantitative estimate of drug-likeness (QED) is 0.605. The van der Waals surface area contributed by atoms with Crippen molar-refractivity contribution in [1.82, 2.24) is 30.2 Å². The molecule has 0 saturated carbocycles. The van der Waals surface area contributed by atoms with E-state index >= 15 is 0 Å². The molecule has 6 heterocycles. The maximum Gasteiger partial charge on any atom is 0.154 e. The first kappa shape index (κ1) is 20.7. The highest BCUT2D eigenvalue weighted by Crippen LogP contribution is 2.33. The Morgan fingerprint density at radius 1 is 1.09 bits per heavy atom. The number of anilines is 2. The van der Waals surface area contributed by atoms with Gasteiger partial charge in [-0.25, -0.2) is 15.0 Å². The minimum Gasteiger partial charge on any atom is -0.374 e. The van der Waals surface area contributed by atoms with Crippen LogP contribution in [0.1, 0.15) is 0 Å². The summed E-state index contributed by atoms with van der Waals surface area (Å²) in [5.74, 6) is 3.30. The third-order valence-electron chi connectivity index (χ3n) is 6.99. The minimum absolute atomic E-state index is 0.108. The molecule has 3 fully saturated rings. The van der Waals surface area contributed by atoms with Gasteiger partial charge in [0, 0.05) is 70.0 Å². The minimum atomic E-state index is 0.108. The average molecular weight is 447 g/mol. The van der Waals surface area contributed by atoms with E-state index in [1.54, 1.807) is 12.4 Å². The molecule has 3 aromatic heterocycles. The topological polar surface area (TPSA) is 91.3 Å². The number of morpholine rings is 1. The summed E-state index contributed by atoms with van der Waals surface area (Å²) in [5.41, 5.74) is 3.40. The van der Waals surface area contributed by atoms with E-state index in [-0.39, 0.29) is 6.10 Å². The van der Waals surface area contributed by atoms with Gasteiger partial charge in [0.2, 0.25) is 0 Å². The van der Waals surface area contributed by atoms with Crippen molar-refractivity contribution in [3.63, 3.8) is 0 Å². The zero-order chi connectivity index (χ0) is 22.2. The van der Waals surface area contributed by atoms with E-state index in [1.165, 1.54) is 13.1 Å². The van der Waals surface area contributed by atoms with E-state index in [0.29, 0.717) is 6.54 Å². The van der Waals surface area contributed by atoms with Crippen LogP contribution < -0.4 is 15.5 Å². The molecule has 3 aliphatic rings. The van der Waals surface area contributed by atoms with Crippen LogP contribution in [0.3, 0.4) is 0 Å². The SMILES string of the molecule is CN1CC2CN(c3ccc(-c4cc5nccnc5c(NC[C@@H]5CNCCO5)n4)cn3)CC2C1. The lowest BCUT2D eigenvalue weighted by molar-refractivity contribution is 0.0372. The lowest BCUT2D eigenvalue weighted by atomic mass is 10.0. The van der Waals surface area contributed by atoms with Gasteiger partial charge in [0.1, 0.15) is 11.3 Å². The van der Waals surface area contributed by atoms with Gasteiger partial charge in [-0.15, -0.1) is 0 Å². The molecule has 2 N–H and O–H groups in total. The Hall–Kier alpha value is -2.88. The van der Waals surface area contributed by atoms with Gasteiger partial charge in [0.25, 0.3) is 0 Å². The standard InChI is InChI=1S/C24H30N8O/c1-31-12-17-14-32(15-18(17)13-31)22-3-2-16(9-28-22)20-8-21-23(27-5-4-26-21)24(30-20)29-11-19-10-25-6-7-33-19/h2-5,8-9,17-19,25H,6-7,10-15H2,1H3,(H,29,30)/t17?,18?,19-/m0/s1. The molecule has 0 aliphatic carbocycles. The molecular formula is C24H30N8O. The normalized spacial score (nSPS) is 25.5. The molecule has 3 aliphatic heterocycles. The Labute approximate surface area is 193 Å². The number of fused-ring (bicyclic) bond motifs is 2. The van der Waals surface area contributed by atoms with Gasteiger partial charge in [-0.2, -0.15) is 0 Å². The van der Waals surface area contributed by atoms with Gasteiger partial charge in [-0.05, 0) is 37.1 Å².